The highest BCUT2D eigenvalue weighted by atomic mass is 79.9. The highest BCUT2D eigenvalue weighted by molar-refractivity contribution is 9.09. The summed E-state index contributed by atoms with van der Waals surface area (Å²) in [5.74, 6) is -0.275. The first-order chi connectivity index (χ1) is 7.36. The summed E-state index contributed by atoms with van der Waals surface area (Å²) in [5, 5.41) is 0. The van der Waals surface area contributed by atoms with Crippen molar-refractivity contribution in [1.82, 2.24) is 0 Å². The summed E-state index contributed by atoms with van der Waals surface area (Å²) in [7, 11) is 1.39. The van der Waals surface area contributed by atoms with Crippen LogP contribution in [0.3, 0.4) is 0 Å². The van der Waals surface area contributed by atoms with Gasteiger partial charge in [0.25, 0.3) is 0 Å². The Morgan fingerprint density at radius 1 is 1.25 bits per heavy atom. The van der Waals surface area contributed by atoms with Crippen LogP contribution < -0.4 is 0 Å². The Bertz CT molecular complexity index is 363. The van der Waals surface area contributed by atoms with E-state index in [0.717, 1.165) is 5.56 Å². The van der Waals surface area contributed by atoms with Crippen LogP contribution in [0.2, 0.25) is 0 Å². The Morgan fingerprint density at radius 3 is 2.12 bits per heavy atom. The molecular formula is C13H17BrO2. The minimum absolute atomic E-state index is 0.131. The molecule has 0 unspecified atom stereocenters. The molecule has 0 aliphatic carbocycles. The molecule has 3 heteroatoms. The molecule has 0 aliphatic rings. The van der Waals surface area contributed by atoms with Crippen LogP contribution in [-0.2, 0) is 14.9 Å². The third kappa shape index (κ3) is 3.08. The standard InChI is InChI=1S/C13H17BrO2/c1-13(2,3)10-7-5-9(6-8-10)11(14)12(15)16-4/h5-8,11H,1-4H3/t11-/m1/s1. The second kappa shape index (κ2) is 5.00. The van der Waals surface area contributed by atoms with Crippen LogP contribution in [0.1, 0.15) is 36.7 Å². The molecule has 0 N–H and O–H groups in total. The summed E-state index contributed by atoms with van der Waals surface area (Å²) < 4.78 is 4.68. The van der Waals surface area contributed by atoms with E-state index in [0.29, 0.717) is 0 Å². The average molecular weight is 285 g/mol. The minimum Gasteiger partial charge on any atom is -0.468 e. The highest BCUT2D eigenvalue weighted by Crippen LogP contribution is 2.27. The van der Waals surface area contributed by atoms with E-state index >= 15 is 0 Å². The molecule has 1 atom stereocenters. The van der Waals surface area contributed by atoms with Crippen molar-refractivity contribution < 1.29 is 9.53 Å². The Morgan fingerprint density at radius 2 is 1.75 bits per heavy atom. The summed E-state index contributed by atoms with van der Waals surface area (Å²) >= 11 is 3.31. The van der Waals surface area contributed by atoms with E-state index in [1.807, 2.05) is 24.3 Å². The number of hydrogen-bond donors (Lipinski definition) is 0. The van der Waals surface area contributed by atoms with E-state index in [4.69, 9.17) is 0 Å². The lowest BCUT2D eigenvalue weighted by atomic mass is 9.86. The molecule has 0 amide bonds. The fraction of sp³-hybridized carbons (Fsp3) is 0.462. The van der Waals surface area contributed by atoms with Crippen LogP contribution in [0.15, 0.2) is 24.3 Å². The van der Waals surface area contributed by atoms with Gasteiger partial charge in [-0.15, -0.1) is 0 Å². The second-order valence-corrected chi connectivity index (χ2v) is 5.67. The maximum Gasteiger partial charge on any atom is 0.323 e. The normalized spacial score (nSPS) is 13.3. The molecule has 88 valence electrons. The molecule has 0 saturated heterocycles. The Labute approximate surface area is 105 Å². The van der Waals surface area contributed by atoms with E-state index < -0.39 is 0 Å². The van der Waals surface area contributed by atoms with Crippen molar-refractivity contribution in [2.45, 2.75) is 31.0 Å². The van der Waals surface area contributed by atoms with Gasteiger partial charge in [-0.1, -0.05) is 61.0 Å². The molecule has 0 bridgehead atoms. The second-order valence-electron chi connectivity index (χ2n) is 4.76. The predicted octanol–water partition coefficient (Wildman–Crippen LogP) is 3.59. The number of alkyl halides is 1. The molecule has 1 aromatic rings. The van der Waals surface area contributed by atoms with Gasteiger partial charge in [-0.25, -0.2) is 0 Å². The number of halogens is 1. The third-order valence-corrected chi connectivity index (χ3v) is 3.38. The van der Waals surface area contributed by atoms with Crippen molar-refractivity contribution in [2.24, 2.45) is 0 Å². The molecule has 0 spiro atoms. The molecule has 0 aromatic heterocycles. The Hall–Kier alpha value is -0.830. The van der Waals surface area contributed by atoms with Crippen molar-refractivity contribution in [2.75, 3.05) is 7.11 Å². The Kier molecular flexibility index (Phi) is 4.14. The van der Waals surface area contributed by atoms with Gasteiger partial charge in [0.2, 0.25) is 0 Å². The zero-order chi connectivity index (χ0) is 12.3. The number of methoxy groups -OCH3 is 1. The van der Waals surface area contributed by atoms with E-state index in [1.54, 1.807) is 0 Å². The van der Waals surface area contributed by atoms with Crippen molar-refractivity contribution in [1.29, 1.82) is 0 Å². The summed E-state index contributed by atoms with van der Waals surface area (Å²) in [6.45, 7) is 6.48. The van der Waals surface area contributed by atoms with Gasteiger partial charge in [0, 0.05) is 0 Å². The number of carbonyl (C=O) groups is 1. The first-order valence-corrected chi connectivity index (χ1v) is 6.10. The minimum atomic E-state index is -0.383. The van der Waals surface area contributed by atoms with Crippen LogP contribution in [0.4, 0.5) is 0 Å². The van der Waals surface area contributed by atoms with E-state index in [2.05, 4.69) is 41.4 Å². The SMILES string of the molecule is COC(=O)[C@H](Br)c1ccc(C(C)(C)C)cc1. The molecule has 16 heavy (non-hydrogen) atoms. The number of ether oxygens (including phenoxy) is 1. The van der Waals surface area contributed by atoms with Gasteiger partial charge in [-0.05, 0) is 16.5 Å². The molecule has 0 heterocycles. The van der Waals surface area contributed by atoms with Gasteiger partial charge >= 0.3 is 5.97 Å². The summed E-state index contributed by atoms with van der Waals surface area (Å²) in [4.78, 5) is 10.9. The molecule has 1 rings (SSSR count). The summed E-state index contributed by atoms with van der Waals surface area (Å²) in [6.07, 6.45) is 0. The highest BCUT2D eigenvalue weighted by Gasteiger charge is 2.19. The fourth-order valence-electron chi connectivity index (χ4n) is 1.39. The molecule has 2 nitrogen and oxygen atoms in total. The lowest BCUT2D eigenvalue weighted by Crippen LogP contribution is -2.12. The van der Waals surface area contributed by atoms with Crippen LogP contribution in [0, 0.1) is 0 Å². The van der Waals surface area contributed by atoms with E-state index in [-0.39, 0.29) is 16.2 Å². The monoisotopic (exact) mass is 284 g/mol. The van der Waals surface area contributed by atoms with Crippen LogP contribution >= 0.6 is 15.9 Å². The molecular weight excluding hydrogens is 268 g/mol. The molecule has 0 fully saturated rings. The number of carbonyl (C=O) groups excluding carboxylic acids is 1. The van der Waals surface area contributed by atoms with Gasteiger partial charge in [0.1, 0.15) is 4.83 Å². The predicted molar refractivity (Wildman–Crippen MR) is 68.8 cm³/mol. The maximum atomic E-state index is 11.3. The number of benzene rings is 1. The Balaban J connectivity index is 2.91. The smallest absolute Gasteiger partial charge is 0.323 e. The number of hydrogen-bond acceptors (Lipinski definition) is 2. The summed E-state index contributed by atoms with van der Waals surface area (Å²) in [5.41, 5.74) is 2.30. The van der Waals surface area contributed by atoms with Gasteiger partial charge < -0.3 is 4.74 Å². The fourth-order valence-corrected chi connectivity index (χ4v) is 1.88. The zero-order valence-electron chi connectivity index (χ0n) is 10.1. The number of rotatable bonds is 2. The maximum absolute atomic E-state index is 11.3. The van der Waals surface area contributed by atoms with Gasteiger partial charge in [0.15, 0.2) is 0 Å². The van der Waals surface area contributed by atoms with Crippen LogP contribution in [0.5, 0.6) is 0 Å². The topological polar surface area (TPSA) is 26.3 Å². The van der Waals surface area contributed by atoms with Gasteiger partial charge in [-0.3, -0.25) is 4.79 Å². The van der Waals surface area contributed by atoms with E-state index in [9.17, 15) is 4.79 Å². The third-order valence-electron chi connectivity index (χ3n) is 2.48. The van der Waals surface area contributed by atoms with E-state index in [1.165, 1.54) is 12.7 Å². The van der Waals surface area contributed by atoms with Crippen LogP contribution in [-0.4, -0.2) is 13.1 Å². The van der Waals surface area contributed by atoms with Gasteiger partial charge in [-0.2, -0.15) is 0 Å². The molecule has 0 radical (unpaired) electrons. The lowest BCUT2D eigenvalue weighted by molar-refractivity contribution is -0.139. The largest absolute Gasteiger partial charge is 0.468 e. The van der Waals surface area contributed by atoms with Crippen molar-refractivity contribution in [3.05, 3.63) is 35.4 Å². The lowest BCUT2D eigenvalue weighted by Gasteiger charge is -2.19. The first kappa shape index (κ1) is 13.2. The van der Waals surface area contributed by atoms with Crippen LogP contribution in [0.25, 0.3) is 0 Å². The quantitative estimate of drug-likeness (QED) is 0.613. The number of esters is 1. The molecule has 0 aliphatic heterocycles. The van der Waals surface area contributed by atoms with Crippen molar-refractivity contribution in [3.63, 3.8) is 0 Å². The zero-order valence-corrected chi connectivity index (χ0v) is 11.7. The van der Waals surface area contributed by atoms with Gasteiger partial charge in [0.05, 0.1) is 7.11 Å². The molecule has 1 aromatic carbocycles. The first-order valence-electron chi connectivity index (χ1n) is 5.18. The molecule has 0 saturated carbocycles. The average Bonchev–Trinajstić information content (AvgIpc) is 2.26. The van der Waals surface area contributed by atoms with Crippen molar-refractivity contribution in [3.8, 4) is 0 Å². The summed E-state index contributed by atoms with van der Waals surface area (Å²) in [6, 6.07) is 8.01. The van der Waals surface area contributed by atoms with Crippen molar-refractivity contribution >= 4 is 21.9 Å².